The summed E-state index contributed by atoms with van der Waals surface area (Å²) in [5.74, 6) is 0. The molecular weight excluding hydrogens is 444 g/mol. The molecule has 1 aliphatic rings. The summed E-state index contributed by atoms with van der Waals surface area (Å²) in [6, 6.07) is 1.31. The molecule has 2 rings (SSSR count). The number of nitrogens with zero attached hydrogens (tertiary/aromatic N) is 1. The van der Waals surface area contributed by atoms with Crippen LogP contribution < -0.4 is 11.2 Å². The van der Waals surface area contributed by atoms with Crippen LogP contribution in [0.25, 0.3) is 0 Å². The van der Waals surface area contributed by atoms with E-state index in [1.54, 1.807) is 7.11 Å². The Morgan fingerprint density at radius 3 is 2.03 bits per heavy atom. The maximum atomic E-state index is 12.5. The van der Waals surface area contributed by atoms with Crippen LogP contribution in [0.5, 0.6) is 0 Å². The van der Waals surface area contributed by atoms with Crippen LogP contribution in [-0.4, -0.2) is 58.2 Å². The smallest absolute Gasteiger partial charge is 0.330 e. The van der Waals surface area contributed by atoms with Gasteiger partial charge in [0.2, 0.25) is 0 Å². The predicted octanol–water partition coefficient (Wildman–Crippen LogP) is 3.86. The normalized spacial score (nSPS) is 25.3. The molecule has 10 heteroatoms. The topological polar surface area (TPSA) is 91.8 Å². The highest BCUT2D eigenvalue weighted by molar-refractivity contribution is 6.74. The fourth-order valence-electron chi connectivity index (χ4n) is 3.11. The van der Waals surface area contributed by atoms with Crippen molar-refractivity contribution in [1.29, 1.82) is 0 Å². The lowest BCUT2D eigenvalue weighted by Gasteiger charge is -2.41. The molecule has 1 saturated heterocycles. The number of methoxy groups -OCH3 is 1. The van der Waals surface area contributed by atoms with E-state index in [9.17, 15) is 9.59 Å². The van der Waals surface area contributed by atoms with Gasteiger partial charge in [0.1, 0.15) is 18.3 Å². The number of aromatic amines is 1. The predicted molar refractivity (Wildman–Crippen MR) is 131 cm³/mol. The van der Waals surface area contributed by atoms with Crippen molar-refractivity contribution in [2.75, 3.05) is 13.7 Å². The largest absolute Gasteiger partial charge is 0.414 e. The van der Waals surface area contributed by atoms with Crippen LogP contribution in [0.4, 0.5) is 0 Å². The van der Waals surface area contributed by atoms with Crippen LogP contribution in [-0.2, 0) is 18.3 Å². The highest BCUT2D eigenvalue weighted by atomic mass is 28.4. The van der Waals surface area contributed by atoms with Gasteiger partial charge in [-0.2, -0.15) is 0 Å². The third-order valence-electron chi connectivity index (χ3n) is 7.33. The Kier molecular flexibility index (Phi) is 7.91. The monoisotopic (exact) mass is 486 g/mol. The van der Waals surface area contributed by atoms with E-state index in [0.717, 1.165) is 0 Å². The van der Waals surface area contributed by atoms with Gasteiger partial charge in [-0.05, 0) is 36.3 Å². The van der Waals surface area contributed by atoms with Crippen LogP contribution in [0, 0.1) is 0 Å². The van der Waals surface area contributed by atoms with Crippen molar-refractivity contribution in [2.45, 2.75) is 102 Å². The van der Waals surface area contributed by atoms with E-state index >= 15 is 0 Å². The molecule has 0 radical (unpaired) electrons. The summed E-state index contributed by atoms with van der Waals surface area (Å²) in [6.45, 7) is 22.2. The minimum atomic E-state index is -2.18. The van der Waals surface area contributed by atoms with E-state index in [1.807, 2.05) is 0 Å². The van der Waals surface area contributed by atoms with Crippen LogP contribution in [0.1, 0.15) is 47.8 Å². The molecule has 0 aromatic carbocycles. The number of nitrogens with one attached hydrogen (secondary N) is 1. The summed E-state index contributed by atoms with van der Waals surface area (Å²) < 4.78 is 26.8. The molecule has 1 N–H and O–H groups in total. The molecule has 0 amide bonds. The average molecular weight is 487 g/mol. The standard InChI is InChI=1S/C22H42N2O6Si2/c1-21(2,3)31(8,9)28-14-15-17(30-32(10,11)22(4,5)6)18(27-7)19(29-15)24-13-12-16(25)23-20(24)26/h12-13,15,17-19H,14H2,1-11H3,(H,23,25,26)/t15-,17?,18?,19-/m1/s1. The number of aromatic nitrogens is 2. The zero-order valence-electron chi connectivity index (χ0n) is 21.6. The fourth-order valence-corrected chi connectivity index (χ4v) is 5.44. The third-order valence-corrected chi connectivity index (χ3v) is 16.3. The first kappa shape index (κ1) is 27.2. The minimum absolute atomic E-state index is 0.0109. The molecule has 4 atom stereocenters. The van der Waals surface area contributed by atoms with Gasteiger partial charge < -0.3 is 18.3 Å². The van der Waals surface area contributed by atoms with Crippen LogP contribution in [0.3, 0.4) is 0 Å². The number of ether oxygens (including phenoxy) is 2. The van der Waals surface area contributed by atoms with Gasteiger partial charge in [0.05, 0.1) is 6.61 Å². The molecule has 0 spiro atoms. The molecule has 0 bridgehead atoms. The summed E-state index contributed by atoms with van der Waals surface area (Å²) in [7, 11) is -2.62. The summed E-state index contributed by atoms with van der Waals surface area (Å²) in [5, 5.41) is 0.0420. The molecular formula is C22H42N2O6Si2. The van der Waals surface area contributed by atoms with E-state index in [1.165, 1.54) is 16.8 Å². The summed E-state index contributed by atoms with van der Waals surface area (Å²) >= 11 is 0. The molecule has 1 fully saturated rings. The Morgan fingerprint density at radius 2 is 1.56 bits per heavy atom. The highest BCUT2D eigenvalue weighted by Crippen LogP contribution is 2.43. The highest BCUT2D eigenvalue weighted by Gasteiger charge is 2.52. The first-order chi connectivity index (χ1) is 14.4. The van der Waals surface area contributed by atoms with Gasteiger partial charge in [0.25, 0.3) is 5.56 Å². The SMILES string of the molecule is COC1C(O[Si](C)(C)C(C)(C)C)[C@@H](CO[Si](C)(C)C(C)(C)C)O[C@H]1n1ccc(=O)[nH]c1=O. The second-order valence-electron chi connectivity index (χ2n) is 11.7. The Labute approximate surface area is 193 Å². The molecule has 32 heavy (non-hydrogen) atoms. The molecule has 1 aromatic rings. The molecule has 184 valence electrons. The van der Waals surface area contributed by atoms with Gasteiger partial charge in [-0.25, -0.2) is 4.79 Å². The molecule has 8 nitrogen and oxygen atoms in total. The summed E-state index contributed by atoms with van der Waals surface area (Å²) in [4.78, 5) is 26.4. The summed E-state index contributed by atoms with van der Waals surface area (Å²) in [5.41, 5.74) is -0.994. The van der Waals surface area contributed by atoms with E-state index in [2.05, 4.69) is 72.7 Å². The van der Waals surface area contributed by atoms with Crippen molar-refractivity contribution in [1.82, 2.24) is 9.55 Å². The van der Waals surface area contributed by atoms with Crippen LogP contribution in [0.15, 0.2) is 21.9 Å². The van der Waals surface area contributed by atoms with Crippen molar-refractivity contribution in [3.63, 3.8) is 0 Å². The molecule has 0 aliphatic carbocycles. The van der Waals surface area contributed by atoms with Gasteiger partial charge in [-0.1, -0.05) is 41.5 Å². The lowest BCUT2D eigenvalue weighted by molar-refractivity contribution is -0.0613. The molecule has 0 saturated carbocycles. The Balaban J connectivity index is 2.43. The molecule has 2 unspecified atom stereocenters. The van der Waals surface area contributed by atoms with Crippen molar-refractivity contribution in [2.24, 2.45) is 0 Å². The Bertz CT molecular complexity index is 897. The lowest BCUT2D eigenvalue weighted by Crippen LogP contribution is -2.51. The van der Waals surface area contributed by atoms with Crippen LogP contribution >= 0.6 is 0 Å². The molecule has 1 aromatic heterocycles. The zero-order valence-corrected chi connectivity index (χ0v) is 23.6. The second-order valence-corrected chi connectivity index (χ2v) is 21.3. The molecule has 1 aliphatic heterocycles. The number of rotatable bonds is 7. The van der Waals surface area contributed by atoms with E-state index in [4.69, 9.17) is 18.3 Å². The number of hydrogen-bond donors (Lipinski definition) is 1. The first-order valence-electron chi connectivity index (χ1n) is 11.2. The molecule has 2 heterocycles. The van der Waals surface area contributed by atoms with Crippen molar-refractivity contribution < 1.29 is 18.3 Å². The summed E-state index contributed by atoms with van der Waals surface area (Å²) in [6.07, 6.45) is -0.632. The van der Waals surface area contributed by atoms with Crippen LogP contribution in [0.2, 0.25) is 36.3 Å². The van der Waals surface area contributed by atoms with E-state index in [0.29, 0.717) is 6.61 Å². The van der Waals surface area contributed by atoms with Gasteiger partial charge in [0, 0.05) is 19.4 Å². The van der Waals surface area contributed by atoms with Crippen molar-refractivity contribution >= 4 is 16.6 Å². The van der Waals surface area contributed by atoms with Gasteiger partial charge >= 0.3 is 5.69 Å². The maximum absolute atomic E-state index is 12.5. The maximum Gasteiger partial charge on any atom is 0.330 e. The quantitative estimate of drug-likeness (QED) is 0.589. The first-order valence-corrected chi connectivity index (χ1v) is 17.0. The lowest BCUT2D eigenvalue weighted by atomic mass is 10.1. The van der Waals surface area contributed by atoms with Gasteiger partial charge in [-0.15, -0.1) is 0 Å². The number of H-pyrrole nitrogens is 1. The fraction of sp³-hybridized carbons (Fsp3) is 0.818. The average Bonchev–Trinajstić information content (AvgIpc) is 2.94. The van der Waals surface area contributed by atoms with Crippen molar-refractivity contribution in [3.8, 4) is 0 Å². The van der Waals surface area contributed by atoms with E-state index in [-0.39, 0.29) is 10.1 Å². The number of hydrogen-bond acceptors (Lipinski definition) is 6. The van der Waals surface area contributed by atoms with Gasteiger partial charge in [0.15, 0.2) is 22.9 Å². The Hall–Kier alpha value is -1.05. The van der Waals surface area contributed by atoms with E-state index < -0.39 is 52.4 Å². The third kappa shape index (κ3) is 5.71. The zero-order chi connectivity index (χ0) is 24.7. The second kappa shape index (κ2) is 9.30. The Morgan fingerprint density at radius 1 is 1.00 bits per heavy atom. The minimum Gasteiger partial charge on any atom is -0.414 e. The van der Waals surface area contributed by atoms with Gasteiger partial charge in [-0.3, -0.25) is 14.3 Å². The van der Waals surface area contributed by atoms with Crippen molar-refractivity contribution in [3.05, 3.63) is 33.1 Å².